The molecule has 0 bridgehead atoms. The number of hydrogen-bond donors (Lipinski definition) is 2. The summed E-state index contributed by atoms with van der Waals surface area (Å²) in [6.07, 6.45) is 9.97. The van der Waals surface area contributed by atoms with Gasteiger partial charge in [0.25, 0.3) is 5.69 Å². The molecule has 0 saturated heterocycles. The molecule has 0 aromatic heterocycles. The SMILES string of the molecule is C=CCO[C@@]12Oc3ccc(Oc4ccc(SC)cc4)cc3[C@H]3[C@H](CCCCO)[C@@H](CCCCO)C=C(C(=NOCc4ccc([N+](=O)[O-])cc4)C[C@@H]1N(C)C(=O)OCc1ccccc1)[C@H]32. The lowest BCUT2D eigenvalue weighted by atomic mass is 9.55. The molecule has 64 heavy (non-hydrogen) atoms. The lowest BCUT2D eigenvalue weighted by Gasteiger charge is -2.59. The largest absolute Gasteiger partial charge is 0.459 e. The molecule has 3 aliphatic rings. The number of ether oxygens (including phenoxy) is 4. The van der Waals surface area contributed by atoms with Gasteiger partial charge in [-0.15, -0.1) is 18.3 Å². The topological polar surface area (TPSA) is 162 Å². The number of aliphatic hydroxyl groups is 2. The summed E-state index contributed by atoms with van der Waals surface area (Å²) in [4.78, 5) is 33.9. The number of hydrogen-bond acceptors (Lipinski definition) is 12. The summed E-state index contributed by atoms with van der Waals surface area (Å²) in [5, 5.41) is 36.0. The maximum Gasteiger partial charge on any atom is 0.410 e. The van der Waals surface area contributed by atoms with Crippen molar-refractivity contribution in [2.24, 2.45) is 22.9 Å². The fraction of sp³-hybridized carbons (Fsp3) is 0.400. The minimum atomic E-state index is -1.46. The molecule has 0 unspecified atom stereocenters. The van der Waals surface area contributed by atoms with Crippen LogP contribution in [0, 0.1) is 27.9 Å². The van der Waals surface area contributed by atoms with Crippen molar-refractivity contribution in [3.05, 3.63) is 148 Å². The number of oxime groups is 1. The van der Waals surface area contributed by atoms with Crippen molar-refractivity contribution < 1.29 is 43.7 Å². The number of amides is 1. The minimum absolute atomic E-state index is 0.0147. The molecule has 1 saturated carbocycles. The van der Waals surface area contributed by atoms with Crippen LogP contribution in [0.25, 0.3) is 0 Å². The molecule has 2 aliphatic carbocycles. The standard InChI is InChI=1S/C50H57N3O10S/c1-4-28-60-50-46(52(2)49(56)59-32-34-12-6-5-7-13-34)31-44(51-61-33-35-16-18-37(19-17-35)53(57)58)42-29-36(14-8-10-26-54)41(15-9-11-27-55)47(48(42)50)43-30-39(22-25-45(43)63-50)62-38-20-23-40(64-3)24-21-38/h4-7,12-13,16-25,29-30,36,41,46-48,54-55H,1,8-11,14-15,26-28,31-33H2,2-3H3/t36-,41+,46-,47+,48+,50+/m0/s1. The number of fused-ring (bicyclic) bond motifs is 2. The Morgan fingerprint density at radius 3 is 2.34 bits per heavy atom. The highest BCUT2D eigenvalue weighted by Gasteiger charge is 2.65. The van der Waals surface area contributed by atoms with E-state index in [0.29, 0.717) is 41.4 Å². The van der Waals surface area contributed by atoms with E-state index in [-0.39, 0.29) is 62.9 Å². The second kappa shape index (κ2) is 21.8. The van der Waals surface area contributed by atoms with Crippen LogP contribution < -0.4 is 9.47 Å². The number of likely N-dealkylation sites (N-methyl/N-ethyl adjacent to an activating group) is 1. The molecule has 338 valence electrons. The van der Waals surface area contributed by atoms with Crippen LogP contribution in [0.2, 0.25) is 0 Å². The molecule has 1 aliphatic heterocycles. The van der Waals surface area contributed by atoms with E-state index in [1.165, 1.54) is 12.1 Å². The summed E-state index contributed by atoms with van der Waals surface area (Å²) >= 11 is 1.66. The zero-order chi connectivity index (χ0) is 45.1. The molecule has 0 spiro atoms. The first-order chi connectivity index (χ1) is 31.2. The zero-order valence-electron chi connectivity index (χ0n) is 36.4. The summed E-state index contributed by atoms with van der Waals surface area (Å²) in [6, 6.07) is 28.6. The maximum atomic E-state index is 14.3. The average Bonchev–Trinajstić information content (AvgIpc) is 3.32. The number of carbonyl (C=O) groups excluding carboxylic acids is 1. The highest BCUT2D eigenvalue weighted by molar-refractivity contribution is 7.98. The third-order valence-electron chi connectivity index (χ3n) is 12.5. The minimum Gasteiger partial charge on any atom is -0.459 e. The highest BCUT2D eigenvalue weighted by Crippen LogP contribution is 2.62. The van der Waals surface area contributed by atoms with E-state index in [9.17, 15) is 25.1 Å². The van der Waals surface area contributed by atoms with Gasteiger partial charge >= 0.3 is 6.09 Å². The molecule has 6 atom stereocenters. The molecule has 2 N–H and O–H groups in total. The molecular formula is C50H57N3O10S. The molecular weight excluding hydrogens is 835 g/mol. The number of nitro benzene ring substituents is 1. The Morgan fingerprint density at radius 1 is 0.953 bits per heavy atom. The number of nitro groups is 1. The van der Waals surface area contributed by atoms with Crippen LogP contribution >= 0.6 is 11.8 Å². The van der Waals surface area contributed by atoms with Crippen molar-refractivity contribution in [2.45, 2.75) is 80.8 Å². The van der Waals surface area contributed by atoms with E-state index < -0.39 is 28.8 Å². The molecule has 1 fully saturated rings. The summed E-state index contributed by atoms with van der Waals surface area (Å²) in [6.45, 7) is 4.36. The average molecular weight is 892 g/mol. The zero-order valence-corrected chi connectivity index (χ0v) is 37.2. The fourth-order valence-corrected chi connectivity index (χ4v) is 9.83. The monoisotopic (exact) mass is 891 g/mol. The van der Waals surface area contributed by atoms with E-state index >= 15 is 0 Å². The van der Waals surface area contributed by atoms with Crippen LogP contribution in [-0.2, 0) is 27.5 Å². The van der Waals surface area contributed by atoms with Gasteiger partial charge in [0.05, 0.1) is 23.2 Å². The van der Waals surface area contributed by atoms with Gasteiger partial charge in [0.1, 0.15) is 36.5 Å². The number of thioether (sulfide) groups is 1. The van der Waals surface area contributed by atoms with Crippen LogP contribution in [0.4, 0.5) is 10.5 Å². The van der Waals surface area contributed by atoms with Gasteiger partial charge in [-0.2, -0.15) is 0 Å². The van der Waals surface area contributed by atoms with Crippen LogP contribution in [0.15, 0.2) is 131 Å². The van der Waals surface area contributed by atoms with Crippen molar-refractivity contribution in [3.63, 3.8) is 0 Å². The van der Waals surface area contributed by atoms with Gasteiger partial charge in [-0.3, -0.25) is 10.1 Å². The first-order valence-electron chi connectivity index (χ1n) is 21.9. The Balaban J connectivity index is 1.37. The summed E-state index contributed by atoms with van der Waals surface area (Å²) in [7, 11) is 1.69. The first kappa shape index (κ1) is 46.3. The molecule has 4 aromatic carbocycles. The fourth-order valence-electron chi connectivity index (χ4n) is 9.42. The Kier molecular flexibility index (Phi) is 15.8. The Hall–Kier alpha value is -5.67. The second-order valence-electron chi connectivity index (χ2n) is 16.4. The van der Waals surface area contributed by atoms with Crippen molar-refractivity contribution in [3.8, 4) is 17.2 Å². The van der Waals surface area contributed by atoms with Crippen LogP contribution in [0.5, 0.6) is 17.2 Å². The molecule has 14 heteroatoms. The van der Waals surface area contributed by atoms with Gasteiger partial charge in [-0.25, -0.2) is 4.79 Å². The lowest BCUT2D eigenvalue weighted by Crippen LogP contribution is -2.69. The molecule has 1 heterocycles. The lowest BCUT2D eigenvalue weighted by molar-refractivity contribution is -0.384. The van der Waals surface area contributed by atoms with Crippen molar-refractivity contribution in [1.82, 2.24) is 4.90 Å². The van der Waals surface area contributed by atoms with E-state index in [1.54, 1.807) is 41.9 Å². The number of nitrogens with zero attached hydrogens (tertiary/aromatic N) is 3. The number of non-ortho nitro benzene ring substituents is 1. The molecule has 13 nitrogen and oxygen atoms in total. The number of rotatable bonds is 21. The quantitative estimate of drug-likeness (QED) is 0.0269. The van der Waals surface area contributed by atoms with Crippen LogP contribution in [0.3, 0.4) is 0 Å². The van der Waals surface area contributed by atoms with E-state index in [4.69, 9.17) is 28.9 Å². The third kappa shape index (κ3) is 10.5. The van der Waals surface area contributed by atoms with Crippen molar-refractivity contribution in [2.75, 3.05) is 33.1 Å². The van der Waals surface area contributed by atoms with Crippen LogP contribution in [-0.4, -0.2) is 76.8 Å². The van der Waals surface area contributed by atoms with Gasteiger partial charge in [0, 0.05) is 55.2 Å². The van der Waals surface area contributed by atoms with Gasteiger partial charge < -0.3 is 38.9 Å². The van der Waals surface area contributed by atoms with Gasteiger partial charge in [0.15, 0.2) is 0 Å². The summed E-state index contributed by atoms with van der Waals surface area (Å²) in [5.74, 6) is -0.286. The smallest absolute Gasteiger partial charge is 0.410 e. The number of unbranched alkanes of at least 4 members (excludes halogenated alkanes) is 2. The maximum absolute atomic E-state index is 14.3. The Labute approximate surface area is 378 Å². The van der Waals surface area contributed by atoms with Crippen molar-refractivity contribution >= 4 is 29.3 Å². The second-order valence-corrected chi connectivity index (χ2v) is 17.3. The highest BCUT2D eigenvalue weighted by atomic mass is 32.2. The summed E-state index contributed by atoms with van der Waals surface area (Å²) in [5.41, 5.74) is 3.91. The predicted octanol–water partition coefficient (Wildman–Crippen LogP) is 10.2. The number of aliphatic hydroxyl groups excluding tert-OH is 2. The number of carbonyl (C=O) groups is 1. The molecule has 0 radical (unpaired) electrons. The number of benzene rings is 4. The molecule has 4 aromatic rings. The van der Waals surface area contributed by atoms with Crippen molar-refractivity contribution in [1.29, 1.82) is 0 Å². The van der Waals surface area contributed by atoms with E-state index in [2.05, 4.69) is 18.7 Å². The van der Waals surface area contributed by atoms with E-state index in [1.807, 2.05) is 73.0 Å². The van der Waals surface area contributed by atoms with Gasteiger partial charge in [-0.05, 0) is 115 Å². The third-order valence-corrected chi connectivity index (χ3v) is 13.2. The van der Waals surface area contributed by atoms with Gasteiger partial charge in [0.2, 0.25) is 5.79 Å². The normalized spacial score (nSPS) is 22.6. The predicted molar refractivity (Wildman–Crippen MR) is 246 cm³/mol. The number of allylic oxidation sites excluding steroid dienone is 1. The Bertz CT molecular complexity index is 2270. The van der Waals surface area contributed by atoms with E-state index in [0.717, 1.165) is 47.3 Å². The molecule has 7 rings (SSSR count). The Morgan fingerprint density at radius 2 is 1.66 bits per heavy atom. The molecule has 1 amide bonds. The first-order valence-corrected chi connectivity index (χ1v) is 23.1. The van der Waals surface area contributed by atoms with Gasteiger partial charge in [-0.1, -0.05) is 60.5 Å². The summed E-state index contributed by atoms with van der Waals surface area (Å²) < 4.78 is 26.7. The van der Waals surface area contributed by atoms with Crippen LogP contribution in [0.1, 0.15) is 67.6 Å².